The predicted octanol–water partition coefficient (Wildman–Crippen LogP) is 4.28. The molecule has 0 rings (SSSR count). The van der Waals surface area contributed by atoms with Crippen LogP contribution in [0.3, 0.4) is 0 Å². The fourth-order valence-corrected chi connectivity index (χ4v) is 2.08. The first-order chi connectivity index (χ1) is 9.79. The summed E-state index contributed by atoms with van der Waals surface area (Å²) >= 11 is 0. The zero-order valence-electron chi connectivity index (χ0n) is 14.6. The molecule has 0 spiro atoms. The van der Waals surface area contributed by atoms with Gasteiger partial charge in [0.2, 0.25) is 0 Å². The molecule has 0 radical (unpaired) electrons. The van der Waals surface area contributed by atoms with Gasteiger partial charge in [0.25, 0.3) is 0 Å². The molecule has 138 valence electrons. The number of aliphatic hydroxyl groups excluding tert-OH is 1. The molecule has 0 amide bonds. The zero-order chi connectivity index (χ0) is 16.6. The van der Waals surface area contributed by atoms with Crippen LogP contribution in [0.4, 0.5) is 0 Å². The van der Waals surface area contributed by atoms with Crippen molar-refractivity contribution in [3.8, 4) is 0 Å². The van der Waals surface area contributed by atoms with Crippen molar-refractivity contribution in [1.29, 1.82) is 0 Å². The molecule has 0 aromatic carbocycles. The van der Waals surface area contributed by atoms with Gasteiger partial charge in [-0.1, -0.05) is 64.7 Å². The molecular formula is C15H37NO5S. The van der Waals surface area contributed by atoms with E-state index in [-0.39, 0.29) is 18.9 Å². The van der Waals surface area contributed by atoms with Crippen LogP contribution in [0.2, 0.25) is 0 Å². The molecule has 0 aromatic heterocycles. The maximum Gasteiger partial charge on any atom is 0.397 e. The van der Waals surface area contributed by atoms with Crippen molar-refractivity contribution in [1.82, 2.24) is 6.15 Å². The number of rotatable bonds is 12. The Hall–Kier alpha value is -0.210. The molecule has 22 heavy (non-hydrogen) atoms. The Morgan fingerprint density at radius 3 is 1.50 bits per heavy atom. The van der Waals surface area contributed by atoms with E-state index in [9.17, 15) is 8.42 Å². The van der Waals surface area contributed by atoms with Crippen LogP contribution in [0, 0.1) is 0 Å². The molecule has 0 aromatic rings. The molecule has 0 unspecified atom stereocenters. The Morgan fingerprint density at radius 2 is 1.18 bits per heavy atom. The van der Waals surface area contributed by atoms with E-state index in [1.807, 2.05) is 0 Å². The lowest BCUT2D eigenvalue weighted by Gasteiger charge is -2.02. The highest BCUT2D eigenvalue weighted by atomic mass is 32.3. The molecule has 0 saturated carbocycles. The summed E-state index contributed by atoms with van der Waals surface area (Å²) < 4.78 is 33.0. The monoisotopic (exact) mass is 343 g/mol. The lowest BCUT2D eigenvalue weighted by molar-refractivity contribution is 0.216. The highest BCUT2D eigenvalue weighted by Crippen LogP contribution is 2.10. The fraction of sp³-hybridized carbons (Fsp3) is 1.00. The van der Waals surface area contributed by atoms with Gasteiger partial charge in [0, 0.05) is 6.10 Å². The van der Waals surface area contributed by atoms with Crippen LogP contribution in [0.1, 0.15) is 85.0 Å². The Morgan fingerprint density at radius 1 is 0.864 bits per heavy atom. The largest absolute Gasteiger partial charge is 0.397 e. The van der Waals surface area contributed by atoms with Crippen molar-refractivity contribution >= 4 is 10.4 Å². The summed E-state index contributed by atoms with van der Waals surface area (Å²) in [6, 6.07) is 0. The van der Waals surface area contributed by atoms with Crippen molar-refractivity contribution in [2.45, 2.75) is 91.1 Å². The molecule has 0 saturated heterocycles. The second kappa shape index (κ2) is 18.8. The lowest BCUT2D eigenvalue weighted by atomic mass is 10.1. The van der Waals surface area contributed by atoms with Crippen LogP contribution in [-0.2, 0) is 14.6 Å². The first-order valence-corrected chi connectivity index (χ1v) is 9.46. The number of unbranched alkanes of at least 4 members (excludes halogenated alkanes) is 9. The minimum atomic E-state index is -4.23. The summed E-state index contributed by atoms with van der Waals surface area (Å²) in [5, 5.41) is 8.06. The third-order valence-electron chi connectivity index (χ3n) is 2.73. The fourth-order valence-electron chi connectivity index (χ4n) is 1.75. The van der Waals surface area contributed by atoms with Gasteiger partial charge in [0.05, 0.1) is 6.61 Å². The lowest BCUT2D eigenvalue weighted by Crippen LogP contribution is -2.04. The van der Waals surface area contributed by atoms with E-state index >= 15 is 0 Å². The number of hydrogen-bond acceptors (Lipinski definition) is 5. The minimum Gasteiger partial charge on any atom is -0.394 e. The third-order valence-corrected chi connectivity index (χ3v) is 3.19. The quantitative estimate of drug-likeness (QED) is 0.359. The average molecular weight is 344 g/mol. The number of hydrogen-bond donors (Lipinski definition) is 3. The normalized spacial score (nSPS) is 10.8. The molecule has 0 fully saturated rings. The highest BCUT2D eigenvalue weighted by molar-refractivity contribution is 7.80. The topological polar surface area (TPSA) is 119 Å². The van der Waals surface area contributed by atoms with Gasteiger partial charge >= 0.3 is 10.4 Å². The van der Waals surface area contributed by atoms with E-state index in [2.05, 4.69) is 11.1 Å². The van der Waals surface area contributed by atoms with E-state index in [1.165, 1.54) is 44.9 Å². The standard InChI is InChI=1S/C12H26O4S.C3H8O.H3N/c1-2-3-4-5-6-7-8-9-10-11-12-16-17(13,14)15;1-3(2)4;/h2-12H2,1H3,(H,13,14,15);3-4H,1-2H3;1H3. The van der Waals surface area contributed by atoms with Crippen LogP contribution in [0.5, 0.6) is 0 Å². The zero-order valence-corrected chi connectivity index (χ0v) is 15.4. The maximum absolute atomic E-state index is 10.2. The first kappa shape index (κ1) is 26.7. The summed E-state index contributed by atoms with van der Waals surface area (Å²) in [5.41, 5.74) is 0. The first-order valence-electron chi connectivity index (χ1n) is 8.09. The van der Waals surface area contributed by atoms with Crippen molar-refractivity contribution in [2.24, 2.45) is 0 Å². The maximum atomic E-state index is 10.2. The van der Waals surface area contributed by atoms with Gasteiger partial charge in [-0.2, -0.15) is 8.42 Å². The van der Waals surface area contributed by atoms with Crippen LogP contribution >= 0.6 is 0 Å². The minimum absolute atomic E-state index is 0. The predicted molar refractivity (Wildman–Crippen MR) is 91.7 cm³/mol. The van der Waals surface area contributed by atoms with Crippen molar-refractivity contribution in [3.63, 3.8) is 0 Å². The number of aliphatic hydroxyl groups is 1. The van der Waals surface area contributed by atoms with Gasteiger partial charge in [-0.05, 0) is 20.3 Å². The summed E-state index contributed by atoms with van der Waals surface area (Å²) in [6.07, 6.45) is 11.7. The van der Waals surface area contributed by atoms with E-state index < -0.39 is 10.4 Å². The Balaban J connectivity index is -0.000000640. The third kappa shape index (κ3) is 36.7. The van der Waals surface area contributed by atoms with Crippen LogP contribution in [-0.4, -0.2) is 30.8 Å². The molecule has 0 bridgehead atoms. The average Bonchev–Trinajstić information content (AvgIpc) is 2.34. The SMILES string of the molecule is CC(C)O.CCCCCCCCCCCCOS(=O)(=O)O.N. The molecule has 6 nitrogen and oxygen atoms in total. The Labute approximate surface area is 137 Å². The molecule has 7 heteroatoms. The molecule has 0 atom stereocenters. The van der Waals surface area contributed by atoms with E-state index in [4.69, 9.17) is 9.66 Å². The summed E-state index contributed by atoms with van der Waals surface area (Å²) in [5.74, 6) is 0. The molecule has 5 N–H and O–H groups in total. The second-order valence-electron chi connectivity index (χ2n) is 5.53. The van der Waals surface area contributed by atoms with Gasteiger partial charge in [-0.3, -0.25) is 4.55 Å². The van der Waals surface area contributed by atoms with E-state index in [0.717, 1.165) is 12.8 Å². The summed E-state index contributed by atoms with van der Waals surface area (Å²) in [4.78, 5) is 0. The Bertz CT molecular complexity index is 292. The Kier molecular flexibility index (Phi) is 22.8. The summed E-state index contributed by atoms with van der Waals surface area (Å²) in [6.45, 7) is 5.75. The van der Waals surface area contributed by atoms with Crippen molar-refractivity contribution < 1.29 is 22.3 Å². The molecule has 0 heterocycles. The van der Waals surface area contributed by atoms with Crippen molar-refractivity contribution in [3.05, 3.63) is 0 Å². The summed E-state index contributed by atoms with van der Waals surface area (Å²) in [7, 11) is -4.23. The molecule has 0 aliphatic rings. The van der Waals surface area contributed by atoms with Crippen LogP contribution < -0.4 is 6.15 Å². The van der Waals surface area contributed by atoms with Gasteiger partial charge < -0.3 is 11.3 Å². The van der Waals surface area contributed by atoms with Gasteiger partial charge in [0.15, 0.2) is 0 Å². The highest BCUT2D eigenvalue weighted by Gasteiger charge is 2.02. The second-order valence-corrected chi connectivity index (χ2v) is 6.62. The van der Waals surface area contributed by atoms with Gasteiger partial charge in [-0.15, -0.1) is 0 Å². The van der Waals surface area contributed by atoms with Gasteiger partial charge in [0.1, 0.15) is 0 Å². The van der Waals surface area contributed by atoms with Gasteiger partial charge in [-0.25, -0.2) is 4.18 Å². The molecule has 0 aliphatic carbocycles. The molecular weight excluding hydrogens is 306 g/mol. The molecule has 0 aliphatic heterocycles. The van der Waals surface area contributed by atoms with Crippen molar-refractivity contribution in [2.75, 3.05) is 6.61 Å². The van der Waals surface area contributed by atoms with E-state index in [1.54, 1.807) is 13.8 Å². The smallest absolute Gasteiger partial charge is 0.394 e. The van der Waals surface area contributed by atoms with Crippen LogP contribution in [0.15, 0.2) is 0 Å². The van der Waals surface area contributed by atoms with Crippen LogP contribution in [0.25, 0.3) is 0 Å². The van der Waals surface area contributed by atoms with E-state index in [0.29, 0.717) is 6.42 Å².